The number of amides is 1. The third-order valence-corrected chi connectivity index (χ3v) is 6.80. The van der Waals surface area contributed by atoms with E-state index in [1.54, 1.807) is 6.92 Å². The maximum absolute atomic E-state index is 13.7. The van der Waals surface area contributed by atoms with Crippen LogP contribution in [0.15, 0.2) is 12.1 Å². The summed E-state index contributed by atoms with van der Waals surface area (Å²) in [6.07, 6.45) is 6.10. The molecule has 1 N–H and O–H groups in total. The van der Waals surface area contributed by atoms with E-state index in [0.717, 1.165) is 16.4 Å². The van der Waals surface area contributed by atoms with E-state index in [1.165, 1.54) is 44.2 Å². The molecule has 2 heterocycles. The highest BCUT2D eigenvalue weighted by Gasteiger charge is 2.48. The maximum atomic E-state index is 13.7. The van der Waals surface area contributed by atoms with Crippen molar-refractivity contribution in [1.29, 1.82) is 0 Å². The predicted molar refractivity (Wildman–Crippen MR) is 95.8 cm³/mol. The van der Waals surface area contributed by atoms with Crippen molar-refractivity contribution in [3.05, 3.63) is 29.2 Å². The molecule has 4 aliphatic rings. The molecule has 8 heteroatoms. The van der Waals surface area contributed by atoms with E-state index in [1.807, 2.05) is 0 Å². The SMILES string of the molecule is Cc1cc(C(F)(F)Cl)n2nc(C(=O)NC3C4CC5CC(C4)CC3C5)cc2n1. The largest absolute Gasteiger partial charge is 0.364 e. The van der Waals surface area contributed by atoms with Gasteiger partial charge in [0.25, 0.3) is 5.91 Å². The number of nitrogens with one attached hydrogen (secondary N) is 1. The molecule has 4 aliphatic carbocycles. The van der Waals surface area contributed by atoms with Crippen molar-refractivity contribution in [2.24, 2.45) is 23.7 Å². The van der Waals surface area contributed by atoms with Gasteiger partial charge in [-0.2, -0.15) is 13.9 Å². The van der Waals surface area contributed by atoms with Gasteiger partial charge in [-0.1, -0.05) is 0 Å². The van der Waals surface area contributed by atoms with Crippen LogP contribution in [-0.4, -0.2) is 26.5 Å². The van der Waals surface area contributed by atoms with Crippen LogP contribution in [0.25, 0.3) is 5.65 Å². The summed E-state index contributed by atoms with van der Waals surface area (Å²) in [6, 6.07) is 2.80. The molecule has 0 aromatic carbocycles. The third kappa shape index (κ3) is 2.91. The lowest BCUT2D eigenvalue weighted by Crippen LogP contribution is -2.55. The van der Waals surface area contributed by atoms with Crippen LogP contribution in [0.1, 0.15) is 54.0 Å². The van der Waals surface area contributed by atoms with Gasteiger partial charge in [0.1, 0.15) is 5.69 Å². The quantitative estimate of drug-likeness (QED) is 0.804. The molecule has 0 aliphatic heterocycles. The Labute approximate surface area is 160 Å². The first-order valence-electron chi connectivity index (χ1n) is 9.53. The molecule has 5 nitrogen and oxygen atoms in total. The molecular weight excluding hydrogens is 374 g/mol. The average molecular weight is 395 g/mol. The molecule has 6 rings (SSSR count). The van der Waals surface area contributed by atoms with Gasteiger partial charge >= 0.3 is 5.38 Å². The van der Waals surface area contributed by atoms with Crippen molar-refractivity contribution >= 4 is 23.2 Å². The number of nitrogens with zero attached hydrogens (tertiary/aromatic N) is 3. The first kappa shape index (κ1) is 17.3. The summed E-state index contributed by atoms with van der Waals surface area (Å²) in [4.78, 5) is 17.0. The molecule has 144 valence electrons. The Kier molecular flexibility index (Phi) is 3.77. The maximum Gasteiger partial charge on any atom is 0.364 e. The molecule has 2 aromatic rings. The predicted octanol–water partition coefficient (Wildman–Crippen LogP) is 3.88. The lowest BCUT2D eigenvalue weighted by atomic mass is 9.54. The van der Waals surface area contributed by atoms with Gasteiger partial charge in [-0.15, -0.1) is 0 Å². The fourth-order valence-electron chi connectivity index (χ4n) is 5.80. The van der Waals surface area contributed by atoms with Crippen molar-refractivity contribution in [1.82, 2.24) is 19.9 Å². The minimum absolute atomic E-state index is 0.101. The molecule has 4 fully saturated rings. The molecule has 0 unspecified atom stereocenters. The van der Waals surface area contributed by atoms with E-state index in [2.05, 4.69) is 15.4 Å². The Morgan fingerprint density at radius 1 is 1.19 bits per heavy atom. The zero-order valence-electron chi connectivity index (χ0n) is 15.0. The van der Waals surface area contributed by atoms with Gasteiger partial charge < -0.3 is 5.32 Å². The Balaban J connectivity index is 1.43. The monoisotopic (exact) mass is 394 g/mol. The first-order chi connectivity index (χ1) is 12.8. The van der Waals surface area contributed by atoms with E-state index in [-0.39, 0.29) is 23.3 Å². The molecule has 4 saturated carbocycles. The van der Waals surface area contributed by atoms with Crippen LogP contribution in [0.3, 0.4) is 0 Å². The minimum atomic E-state index is -3.59. The second-order valence-corrected chi connectivity index (χ2v) is 8.98. The van der Waals surface area contributed by atoms with Gasteiger partial charge in [0.2, 0.25) is 0 Å². The van der Waals surface area contributed by atoms with Gasteiger partial charge in [-0.3, -0.25) is 4.79 Å². The molecule has 0 spiro atoms. The van der Waals surface area contributed by atoms with Gasteiger partial charge in [0.15, 0.2) is 11.3 Å². The Morgan fingerprint density at radius 2 is 1.81 bits per heavy atom. The van der Waals surface area contributed by atoms with Gasteiger partial charge in [0.05, 0.1) is 0 Å². The first-order valence-corrected chi connectivity index (χ1v) is 9.91. The van der Waals surface area contributed by atoms with Crippen LogP contribution in [0.2, 0.25) is 0 Å². The number of hydrogen-bond acceptors (Lipinski definition) is 3. The van der Waals surface area contributed by atoms with E-state index >= 15 is 0 Å². The van der Waals surface area contributed by atoms with Crippen LogP contribution >= 0.6 is 11.6 Å². The van der Waals surface area contributed by atoms with Gasteiger partial charge in [-0.05, 0) is 80.4 Å². The normalized spacial score (nSPS) is 32.2. The smallest absolute Gasteiger partial charge is 0.347 e. The molecule has 0 radical (unpaired) electrons. The molecule has 0 saturated heterocycles. The molecule has 27 heavy (non-hydrogen) atoms. The standard InChI is InChI=1S/C19H21ClF2N4O/c1-9-2-15(19(20,21)22)26-16(23-9)8-14(25-26)18(27)24-17-12-4-10-3-11(6-12)7-13(17)5-10/h2,8,10-13,17H,3-7H2,1H3,(H,24,27). The number of aromatic nitrogens is 3. The summed E-state index contributed by atoms with van der Waals surface area (Å²) in [7, 11) is 0. The number of carbonyl (C=O) groups excluding carboxylic acids is 1. The van der Waals surface area contributed by atoms with Crippen LogP contribution in [0, 0.1) is 30.6 Å². The van der Waals surface area contributed by atoms with E-state index in [9.17, 15) is 13.6 Å². The second kappa shape index (κ2) is 5.87. The topological polar surface area (TPSA) is 59.3 Å². The summed E-state index contributed by atoms with van der Waals surface area (Å²) in [5.74, 6) is 2.38. The Hall–Kier alpha value is -1.76. The number of rotatable bonds is 3. The highest BCUT2D eigenvalue weighted by Crippen LogP contribution is 2.53. The fourth-order valence-corrected chi connectivity index (χ4v) is 5.93. The highest BCUT2D eigenvalue weighted by molar-refractivity contribution is 6.21. The number of halogens is 3. The number of carbonyl (C=O) groups is 1. The lowest BCUT2D eigenvalue weighted by Gasteiger charge is -2.54. The molecule has 0 atom stereocenters. The highest BCUT2D eigenvalue weighted by atomic mass is 35.5. The van der Waals surface area contributed by atoms with Gasteiger partial charge in [-0.25, -0.2) is 9.50 Å². The van der Waals surface area contributed by atoms with Crippen molar-refractivity contribution in [2.45, 2.75) is 50.5 Å². The number of aryl methyl sites for hydroxylation is 1. The summed E-state index contributed by atoms with van der Waals surface area (Å²) >= 11 is 5.21. The van der Waals surface area contributed by atoms with E-state index < -0.39 is 11.1 Å². The Bertz CT molecular complexity index is 894. The molecule has 4 bridgehead atoms. The van der Waals surface area contributed by atoms with Crippen molar-refractivity contribution in [2.75, 3.05) is 0 Å². The zero-order valence-corrected chi connectivity index (χ0v) is 15.7. The Morgan fingerprint density at radius 3 is 2.41 bits per heavy atom. The number of hydrogen-bond donors (Lipinski definition) is 1. The van der Waals surface area contributed by atoms with Gasteiger partial charge in [0, 0.05) is 17.8 Å². The van der Waals surface area contributed by atoms with Crippen LogP contribution < -0.4 is 5.32 Å². The molecule has 2 aromatic heterocycles. The summed E-state index contributed by atoms with van der Waals surface area (Å²) in [5, 5.41) is 3.64. The van der Waals surface area contributed by atoms with Crippen molar-refractivity contribution < 1.29 is 13.6 Å². The molecular formula is C19H21ClF2N4O. The van der Waals surface area contributed by atoms with Crippen LogP contribution in [0.4, 0.5) is 8.78 Å². The number of alkyl halides is 3. The minimum Gasteiger partial charge on any atom is -0.347 e. The van der Waals surface area contributed by atoms with Crippen molar-refractivity contribution in [3.63, 3.8) is 0 Å². The summed E-state index contributed by atoms with van der Waals surface area (Å²) in [5.41, 5.74) is 0.204. The summed E-state index contributed by atoms with van der Waals surface area (Å²) < 4.78 is 28.4. The lowest BCUT2D eigenvalue weighted by molar-refractivity contribution is -0.0120. The van der Waals surface area contributed by atoms with E-state index in [0.29, 0.717) is 17.5 Å². The summed E-state index contributed by atoms with van der Waals surface area (Å²) in [6.45, 7) is 1.60. The second-order valence-electron chi connectivity index (χ2n) is 8.51. The van der Waals surface area contributed by atoms with Crippen LogP contribution in [-0.2, 0) is 5.38 Å². The average Bonchev–Trinajstić information content (AvgIpc) is 2.99. The van der Waals surface area contributed by atoms with Crippen molar-refractivity contribution in [3.8, 4) is 0 Å². The fraction of sp³-hybridized carbons (Fsp3) is 0.632. The third-order valence-electron chi connectivity index (χ3n) is 6.60. The molecule has 1 amide bonds. The zero-order chi connectivity index (χ0) is 18.9. The van der Waals surface area contributed by atoms with Crippen LogP contribution in [0.5, 0.6) is 0 Å². The van der Waals surface area contributed by atoms with E-state index in [4.69, 9.17) is 11.6 Å². The number of fused-ring (bicyclic) bond motifs is 1.